The molecule has 0 heterocycles. The predicted molar refractivity (Wildman–Crippen MR) is 66.2 cm³/mol. The SMILES string of the molecule is CC1CCCC1CNc1ccccc1C#N. The summed E-state index contributed by atoms with van der Waals surface area (Å²) in [6.07, 6.45) is 4.03. The maximum atomic E-state index is 8.97. The van der Waals surface area contributed by atoms with Crippen LogP contribution in [0.1, 0.15) is 31.7 Å². The zero-order chi connectivity index (χ0) is 11.4. The van der Waals surface area contributed by atoms with E-state index in [-0.39, 0.29) is 0 Å². The van der Waals surface area contributed by atoms with Crippen molar-refractivity contribution in [3.63, 3.8) is 0 Å². The van der Waals surface area contributed by atoms with Gasteiger partial charge in [0, 0.05) is 6.54 Å². The van der Waals surface area contributed by atoms with Crippen LogP contribution in [0.3, 0.4) is 0 Å². The summed E-state index contributed by atoms with van der Waals surface area (Å²) in [7, 11) is 0. The lowest BCUT2D eigenvalue weighted by atomic mass is 9.98. The molecule has 0 bridgehead atoms. The van der Waals surface area contributed by atoms with E-state index in [0.717, 1.165) is 29.6 Å². The number of rotatable bonds is 3. The van der Waals surface area contributed by atoms with Gasteiger partial charge in [0.2, 0.25) is 0 Å². The van der Waals surface area contributed by atoms with Crippen LogP contribution in [-0.2, 0) is 0 Å². The molecule has 1 saturated carbocycles. The zero-order valence-electron chi connectivity index (χ0n) is 9.74. The molecule has 2 rings (SSSR count). The van der Waals surface area contributed by atoms with Crippen molar-refractivity contribution in [3.05, 3.63) is 29.8 Å². The monoisotopic (exact) mass is 214 g/mol. The van der Waals surface area contributed by atoms with Crippen molar-refractivity contribution in [2.45, 2.75) is 26.2 Å². The fourth-order valence-corrected chi connectivity index (χ4v) is 2.50. The number of nitriles is 1. The highest BCUT2D eigenvalue weighted by Crippen LogP contribution is 2.31. The number of benzene rings is 1. The summed E-state index contributed by atoms with van der Waals surface area (Å²) in [5.41, 5.74) is 1.72. The van der Waals surface area contributed by atoms with E-state index in [2.05, 4.69) is 18.3 Å². The van der Waals surface area contributed by atoms with Gasteiger partial charge < -0.3 is 5.32 Å². The summed E-state index contributed by atoms with van der Waals surface area (Å²) >= 11 is 0. The highest BCUT2D eigenvalue weighted by molar-refractivity contribution is 5.57. The maximum absolute atomic E-state index is 8.97. The van der Waals surface area contributed by atoms with Gasteiger partial charge in [-0.15, -0.1) is 0 Å². The Kier molecular flexibility index (Phi) is 3.46. The molecular weight excluding hydrogens is 196 g/mol. The minimum Gasteiger partial charge on any atom is -0.384 e. The predicted octanol–water partition coefficient (Wildman–Crippen LogP) is 3.41. The molecule has 2 unspecified atom stereocenters. The first-order valence-electron chi connectivity index (χ1n) is 6.04. The molecule has 2 heteroatoms. The lowest BCUT2D eigenvalue weighted by Gasteiger charge is -2.17. The molecular formula is C14H18N2. The second-order valence-electron chi connectivity index (χ2n) is 4.71. The molecule has 1 aliphatic carbocycles. The summed E-state index contributed by atoms with van der Waals surface area (Å²) in [6, 6.07) is 9.94. The second kappa shape index (κ2) is 5.03. The van der Waals surface area contributed by atoms with Crippen molar-refractivity contribution >= 4 is 5.69 Å². The van der Waals surface area contributed by atoms with Gasteiger partial charge >= 0.3 is 0 Å². The van der Waals surface area contributed by atoms with Gasteiger partial charge in [-0.3, -0.25) is 0 Å². The van der Waals surface area contributed by atoms with E-state index in [1.807, 2.05) is 24.3 Å². The number of para-hydroxylation sites is 1. The van der Waals surface area contributed by atoms with Gasteiger partial charge in [-0.1, -0.05) is 31.9 Å². The standard InChI is InChI=1S/C14H18N2/c1-11-5-4-7-13(11)10-16-14-8-3-2-6-12(14)9-15/h2-3,6,8,11,13,16H,4-5,7,10H2,1H3. The van der Waals surface area contributed by atoms with E-state index in [4.69, 9.17) is 5.26 Å². The van der Waals surface area contributed by atoms with Crippen LogP contribution in [0.2, 0.25) is 0 Å². The molecule has 16 heavy (non-hydrogen) atoms. The fourth-order valence-electron chi connectivity index (χ4n) is 2.50. The van der Waals surface area contributed by atoms with Crippen LogP contribution in [-0.4, -0.2) is 6.54 Å². The quantitative estimate of drug-likeness (QED) is 0.837. The fraction of sp³-hybridized carbons (Fsp3) is 0.500. The lowest BCUT2D eigenvalue weighted by molar-refractivity contribution is 0.439. The Morgan fingerprint density at radius 1 is 1.38 bits per heavy atom. The summed E-state index contributed by atoms with van der Waals surface area (Å²) in [5.74, 6) is 1.59. The largest absolute Gasteiger partial charge is 0.384 e. The van der Waals surface area contributed by atoms with Crippen LogP contribution < -0.4 is 5.32 Å². The molecule has 84 valence electrons. The third-order valence-electron chi connectivity index (χ3n) is 3.64. The maximum Gasteiger partial charge on any atom is 0.101 e. The van der Waals surface area contributed by atoms with Crippen LogP contribution in [0.25, 0.3) is 0 Å². The second-order valence-corrected chi connectivity index (χ2v) is 4.71. The first-order chi connectivity index (χ1) is 7.81. The van der Waals surface area contributed by atoms with E-state index in [9.17, 15) is 0 Å². The molecule has 2 atom stereocenters. The summed E-state index contributed by atoms with van der Waals surface area (Å²) in [4.78, 5) is 0. The van der Waals surface area contributed by atoms with E-state index < -0.39 is 0 Å². The molecule has 1 aromatic rings. The average Bonchev–Trinajstić information content (AvgIpc) is 2.72. The van der Waals surface area contributed by atoms with E-state index in [1.165, 1.54) is 19.3 Å². The molecule has 0 saturated heterocycles. The Balaban J connectivity index is 1.97. The summed E-state index contributed by atoms with van der Waals surface area (Å²) in [5, 5.41) is 12.4. The number of nitrogens with zero attached hydrogens (tertiary/aromatic N) is 1. The smallest absolute Gasteiger partial charge is 0.101 e. The van der Waals surface area contributed by atoms with Crippen molar-refractivity contribution in [1.82, 2.24) is 0 Å². The lowest BCUT2D eigenvalue weighted by Crippen LogP contribution is -2.16. The van der Waals surface area contributed by atoms with Gasteiger partial charge in [0.25, 0.3) is 0 Å². The Hall–Kier alpha value is -1.49. The van der Waals surface area contributed by atoms with Gasteiger partial charge in [-0.05, 0) is 30.4 Å². The van der Waals surface area contributed by atoms with Crippen molar-refractivity contribution in [2.75, 3.05) is 11.9 Å². The van der Waals surface area contributed by atoms with Crippen LogP contribution in [0.15, 0.2) is 24.3 Å². The number of nitrogens with one attached hydrogen (secondary N) is 1. The molecule has 0 aromatic heterocycles. The normalized spacial score (nSPS) is 24.0. The Labute approximate surface area is 97.3 Å². The van der Waals surface area contributed by atoms with Crippen LogP contribution in [0.4, 0.5) is 5.69 Å². The van der Waals surface area contributed by atoms with Crippen molar-refractivity contribution in [1.29, 1.82) is 5.26 Å². The van der Waals surface area contributed by atoms with Crippen LogP contribution >= 0.6 is 0 Å². The molecule has 1 N–H and O–H groups in total. The van der Waals surface area contributed by atoms with E-state index >= 15 is 0 Å². The highest BCUT2D eigenvalue weighted by atomic mass is 14.9. The van der Waals surface area contributed by atoms with Gasteiger partial charge in [-0.2, -0.15) is 5.26 Å². The molecule has 1 aliphatic rings. The highest BCUT2D eigenvalue weighted by Gasteiger charge is 2.22. The van der Waals surface area contributed by atoms with Crippen molar-refractivity contribution in [3.8, 4) is 6.07 Å². The van der Waals surface area contributed by atoms with Crippen molar-refractivity contribution < 1.29 is 0 Å². The molecule has 0 radical (unpaired) electrons. The topological polar surface area (TPSA) is 35.8 Å². The van der Waals surface area contributed by atoms with Gasteiger partial charge in [0.1, 0.15) is 6.07 Å². The summed E-state index contributed by atoms with van der Waals surface area (Å²) in [6.45, 7) is 3.33. The molecule has 0 aliphatic heterocycles. The molecule has 1 fully saturated rings. The molecule has 2 nitrogen and oxygen atoms in total. The minimum atomic E-state index is 0.744. The van der Waals surface area contributed by atoms with Crippen molar-refractivity contribution in [2.24, 2.45) is 11.8 Å². The molecule has 0 amide bonds. The number of hydrogen-bond donors (Lipinski definition) is 1. The Bertz CT molecular complexity index is 392. The van der Waals surface area contributed by atoms with Crippen LogP contribution in [0.5, 0.6) is 0 Å². The summed E-state index contributed by atoms with van der Waals surface area (Å²) < 4.78 is 0. The number of anilines is 1. The van der Waals surface area contributed by atoms with E-state index in [1.54, 1.807) is 0 Å². The van der Waals surface area contributed by atoms with Gasteiger partial charge in [-0.25, -0.2) is 0 Å². The third-order valence-corrected chi connectivity index (χ3v) is 3.64. The van der Waals surface area contributed by atoms with Gasteiger partial charge in [0.15, 0.2) is 0 Å². The average molecular weight is 214 g/mol. The number of hydrogen-bond acceptors (Lipinski definition) is 2. The molecule has 0 spiro atoms. The minimum absolute atomic E-state index is 0.744. The molecule has 1 aromatic carbocycles. The third kappa shape index (κ3) is 2.36. The van der Waals surface area contributed by atoms with Gasteiger partial charge in [0.05, 0.1) is 11.3 Å². The first kappa shape index (κ1) is 11.0. The zero-order valence-corrected chi connectivity index (χ0v) is 9.74. The van der Waals surface area contributed by atoms with Crippen LogP contribution in [0, 0.1) is 23.2 Å². The Morgan fingerprint density at radius 2 is 2.19 bits per heavy atom. The van der Waals surface area contributed by atoms with E-state index in [0.29, 0.717) is 0 Å². The Morgan fingerprint density at radius 3 is 2.88 bits per heavy atom. The first-order valence-corrected chi connectivity index (χ1v) is 6.04.